The quantitative estimate of drug-likeness (QED) is 0.751. The summed E-state index contributed by atoms with van der Waals surface area (Å²) in [6.07, 6.45) is 1.10. The van der Waals surface area contributed by atoms with E-state index >= 15 is 0 Å². The number of ether oxygens (including phenoxy) is 2. The van der Waals surface area contributed by atoms with E-state index in [4.69, 9.17) is 14.0 Å². The molecule has 0 saturated carbocycles. The lowest BCUT2D eigenvalue weighted by atomic mass is 10.3. The molecule has 5 nitrogen and oxygen atoms in total. The smallest absolute Gasteiger partial charge is 0.174 e. The van der Waals surface area contributed by atoms with Gasteiger partial charge in [0.25, 0.3) is 0 Å². The van der Waals surface area contributed by atoms with E-state index in [0.717, 1.165) is 36.7 Å². The van der Waals surface area contributed by atoms with E-state index in [1.807, 2.05) is 30.3 Å². The fraction of sp³-hybridized carbons (Fsp3) is 0.400. The maximum absolute atomic E-state index is 5.64. The highest BCUT2D eigenvalue weighted by Gasteiger charge is 2.05. The maximum atomic E-state index is 5.64. The summed E-state index contributed by atoms with van der Waals surface area (Å²) < 4.78 is 16.0. The van der Waals surface area contributed by atoms with Gasteiger partial charge in [-0.2, -0.15) is 0 Å². The Morgan fingerprint density at radius 2 is 2.10 bits per heavy atom. The van der Waals surface area contributed by atoms with Gasteiger partial charge in [0, 0.05) is 18.7 Å². The van der Waals surface area contributed by atoms with Crippen molar-refractivity contribution in [3.8, 4) is 11.5 Å². The normalized spacial score (nSPS) is 10.5. The van der Waals surface area contributed by atoms with Crippen LogP contribution >= 0.6 is 0 Å². The lowest BCUT2D eigenvalue weighted by Gasteiger charge is -2.05. The van der Waals surface area contributed by atoms with Crippen LogP contribution in [0.1, 0.15) is 24.8 Å². The number of hydrogen-bond donors (Lipinski definition) is 1. The molecular weight excluding hydrogens is 256 g/mol. The Morgan fingerprint density at radius 1 is 1.25 bits per heavy atom. The SMILES string of the molecule is CCCNCc1cc(COc2cccc(OC)c2)on1. The van der Waals surface area contributed by atoms with Crippen LogP contribution in [0.2, 0.25) is 0 Å². The summed E-state index contributed by atoms with van der Waals surface area (Å²) in [5.74, 6) is 2.22. The van der Waals surface area contributed by atoms with E-state index in [1.165, 1.54) is 0 Å². The van der Waals surface area contributed by atoms with Crippen molar-refractivity contribution in [1.82, 2.24) is 10.5 Å². The molecule has 0 fully saturated rings. The first-order chi connectivity index (χ1) is 9.81. The van der Waals surface area contributed by atoms with Gasteiger partial charge in [0.05, 0.1) is 12.8 Å². The molecule has 0 unspecified atom stereocenters. The second-order valence-electron chi connectivity index (χ2n) is 4.43. The lowest BCUT2D eigenvalue weighted by Crippen LogP contribution is -2.13. The largest absolute Gasteiger partial charge is 0.497 e. The van der Waals surface area contributed by atoms with E-state index < -0.39 is 0 Å². The Balaban J connectivity index is 1.84. The minimum absolute atomic E-state index is 0.355. The number of hydrogen-bond acceptors (Lipinski definition) is 5. The number of nitrogens with zero attached hydrogens (tertiary/aromatic N) is 1. The zero-order valence-corrected chi connectivity index (χ0v) is 11.9. The molecule has 2 rings (SSSR count). The van der Waals surface area contributed by atoms with Crippen molar-refractivity contribution in [2.45, 2.75) is 26.5 Å². The van der Waals surface area contributed by atoms with E-state index in [0.29, 0.717) is 12.4 Å². The molecular formula is C15H20N2O3. The average Bonchev–Trinajstić information content (AvgIpc) is 2.94. The third kappa shape index (κ3) is 4.28. The molecule has 1 heterocycles. The summed E-state index contributed by atoms with van der Waals surface area (Å²) in [5.41, 5.74) is 0.891. The van der Waals surface area contributed by atoms with Gasteiger partial charge in [-0.15, -0.1) is 0 Å². The second-order valence-corrected chi connectivity index (χ2v) is 4.43. The van der Waals surface area contributed by atoms with Gasteiger partial charge in [-0.05, 0) is 25.1 Å². The van der Waals surface area contributed by atoms with E-state index in [1.54, 1.807) is 7.11 Å². The molecule has 0 bridgehead atoms. The van der Waals surface area contributed by atoms with Gasteiger partial charge in [0.15, 0.2) is 5.76 Å². The molecule has 0 spiro atoms. The first-order valence-corrected chi connectivity index (χ1v) is 6.74. The molecule has 108 valence electrons. The molecule has 2 aromatic rings. The fourth-order valence-electron chi connectivity index (χ4n) is 1.75. The van der Waals surface area contributed by atoms with Gasteiger partial charge in [-0.1, -0.05) is 18.1 Å². The molecule has 1 N–H and O–H groups in total. The molecule has 5 heteroatoms. The Kier molecular flexibility index (Phi) is 5.43. The van der Waals surface area contributed by atoms with Crippen molar-refractivity contribution in [3.63, 3.8) is 0 Å². The molecule has 20 heavy (non-hydrogen) atoms. The zero-order valence-electron chi connectivity index (χ0n) is 11.9. The zero-order chi connectivity index (χ0) is 14.2. The molecule has 0 radical (unpaired) electrons. The minimum Gasteiger partial charge on any atom is -0.497 e. The van der Waals surface area contributed by atoms with Crippen LogP contribution in [0.25, 0.3) is 0 Å². The predicted octanol–water partition coefficient (Wildman–Crippen LogP) is 2.76. The molecule has 0 aliphatic heterocycles. The third-order valence-corrected chi connectivity index (χ3v) is 2.76. The highest BCUT2D eigenvalue weighted by Crippen LogP contribution is 2.20. The Hall–Kier alpha value is -2.01. The Bertz CT molecular complexity index is 525. The van der Waals surface area contributed by atoms with Crippen molar-refractivity contribution in [2.24, 2.45) is 0 Å². The monoisotopic (exact) mass is 276 g/mol. The van der Waals surface area contributed by atoms with Crippen LogP contribution in [0.5, 0.6) is 11.5 Å². The van der Waals surface area contributed by atoms with Crippen LogP contribution in [-0.2, 0) is 13.2 Å². The van der Waals surface area contributed by atoms with Crippen LogP contribution in [0.15, 0.2) is 34.9 Å². The summed E-state index contributed by atoms with van der Waals surface area (Å²) in [4.78, 5) is 0. The standard InChI is InChI=1S/C15H20N2O3/c1-3-7-16-10-12-8-15(20-17-12)11-19-14-6-4-5-13(9-14)18-2/h4-6,8-9,16H,3,7,10-11H2,1-2H3. The van der Waals surface area contributed by atoms with Gasteiger partial charge in [-0.3, -0.25) is 0 Å². The van der Waals surface area contributed by atoms with Gasteiger partial charge in [0.2, 0.25) is 0 Å². The van der Waals surface area contributed by atoms with Gasteiger partial charge < -0.3 is 19.3 Å². The van der Waals surface area contributed by atoms with E-state index in [9.17, 15) is 0 Å². The number of methoxy groups -OCH3 is 1. The molecule has 0 aliphatic rings. The van der Waals surface area contributed by atoms with Crippen molar-refractivity contribution in [2.75, 3.05) is 13.7 Å². The Morgan fingerprint density at radius 3 is 2.90 bits per heavy atom. The van der Waals surface area contributed by atoms with Crippen molar-refractivity contribution >= 4 is 0 Å². The van der Waals surface area contributed by atoms with Crippen LogP contribution < -0.4 is 14.8 Å². The summed E-state index contributed by atoms with van der Waals surface area (Å²) in [6, 6.07) is 9.37. The van der Waals surface area contributed by atoms with Crippen LogP contribution in [0, 0.1) is 0 Å². The summed E-state index contributed by atoms with van der Waals surface area (Å²) in [6.45, 7) is 4.18. The second kappa shape index (κ2) is 7.55. The summed E-state index contributed by atoms with van der Waals surface area (Å²) in [5, 5.41) is 7.27. The topological polar surface area (TPSA) is 56.5 Å². The van der Waals surface area contributed by atoms with Crippen LogP contribution in [0.3, 0.4) is 0 Å². The first-order valence-electron chi connectivity index (χ1n) is 6.74. The number of rotatable bonds is 8. The molecule has 0 atom stereocenters. The van der Waals surface area contributed by atoms with E-state index in [-0.39, 0.29) is 0 Å². The van der Waals surface area contributed by atoms with Gasteiger partial charge in [0.1, 0.15) is 18.1 Å². The molecule has 1 aromatic heterocycles. The minimum atomic E-state index is 0.355. The number of aromatic nitrogens is 1. The van der Waals surface area contributed by atoms with Crippen molar-refractivity contribution in [1.29, 1.82) is 0 Å². The van der Waals surface area contributed by atoms with Gasteiger partial charge in [-0.25, -0.2) is 0 Å². The van der Waals surface area contributed by atoms with Crippen molar-refractivity contribution < 1.29 is 14.0 Å². The molecule has 0 amide bonds. The first kappa shape index (κ1) is 14.4. The lowest BCUT2D eigenvalue weighted by molar-refractivity contribution is 0.247. The van der Waals surface area contributed by atoms with Crippen LogP contribution in [-0.4, -0.2) is 18.8 Å². The van der Waals surface area contributed by atoms with E-state index in [2.05, 4.69) is 17.4 Å². The van der Waals surface area contributed by atoms with Crippen LogP contribution in [0.4, 0.5) is 0 Å². The molecule has 0 saturated heterocycles. The number of benzene rings is 1. The van der Waals surface area contributed by atoms with Crippen molar-refractivity contribution in [3.05, 3.63) is 41.8 Å². The van der Waals surface area contributed by atoms with Gasteiger partial charge >= 0.3 is 0 Å². The highest BCUT2D eigenvalue weighted by molar-refractivity contribution is 5.32. The number of nitrogens with one attached hydrogen (secondary N) is 1. The third-order valence-electron chi connectivity index (χ3n) is 2.76. The average molecular weight is 276 g/mol. The maximum Gasteiger partial charge on any atom is 0.174 e. The summed E-state index contributed by atoms with van der Waals surface area (Å²) >= 11 is 0. The molecule has 1 aromatic carbocycles. The highest BCUT2D eigenvalue weighted by atomic mass is 16.5. The predicted molar refractivity (Wildman–Crippen MR) is 75.8 cm³/mol. The summed E-state index contributed by atoms with van der Waals surface area (Å²) in [7, 11) is 1.63. The fourth-order valence-corrected chi connectivity index (χ4v) is 1.75. The molecule has 0 aliphatic carbocycles. The Labute approximate surface area is 118 Å².